The van der Waals surface area contributed by atoms with Gasteiger partial charge in [-0.25, -0.2) is 14.4 Å². The molecule has 0 radical (unpaired) electrons. The first-order valence-electron chi connectivity index (χ1n) is 8.71. The minimum atomic E-state index is -3.94. The van der Waals surface area contributed by atoms with E-state index in [4.69, 9.17) is 4.74 Å². The predicted octanol–water partition coefficient (Wildman–Crippen LogP) is 3.92. The summed E-state index contributed by atoms with van der Waals surface area (Å²) in [6, 6.07) is 0. The molecule has 0 aliphatic heterocycles. The van der Waals surface area contributed by atoms with Crippen LogP contribution in [0.5, 0.6) is 0 Å². The molecule has 0 bridgehead atoms. The molecule has 0 aromatic heterocycles. The van der Waals surface area contributed by atoms with Gasteiger partial charge in [0.2, 0.25) is 0 Å². The summed E-state index contributed by atoms with van der Waals surface area (Å²) < 4.78 is 70.0. The van der Waals surface area contributed by atoms with Gasteiger partial charge in [0.15, 0.2) is 6.10 Å². The average molecular weight is 428 g/mol. The lowest BCUT2D eigenvalue weighted by atomic mass is 9.88. The van der Waals surface area contributed by atoms with Crippen LogP contribution < -0.4 is 0 Å². The first kappa shape index (κ1) is 26.9. The number of ether oxygens (including phenoxy) is 3. The topological polar surface area (TPSA) is 78.9 Å². The molecule has 6 nitrogen and oxygen atoms in total. The summed E-state index contributed by atoms with van der Waals surface area (Å²) in [7, 11) is 0. The number of halogens is 4. The van der Waals surface area contributed by atoms with Crippen LogP contribution >= 0.6 is 0 Å². The Kier molecular flexibility index (Phi) is 8.46. The van der Waals surface area contributed by atoms with Crippen molar-refractivity contribution in [3.05, 3.63) is 12.2 Å². The molecule has 10 heteroatoms. The zero-order chi connectivity index (χ0) is 23.4. The van der Waals surface area contributed by atoms with E-state index in [-0.39, 0.29) is 5.57 Å². The molecule has 0 amide bonds. The fraction of sp³-hybridized carbons (Fsp3) is 0.737. The van der Waals surface area contributed by atoms with Crippen LogP contribution in [0.2, 0.25) is 0 Å². The first-order valence-corrected chi connectivity index (χ1v) is 8.71. The average Bonchev–Trinajstić information content (AvgIpc) is 2.53. The molecule has 0 saturated carbocycles. The molecule has 0 rings (SSSR count). The molecule has 0 saturated heterocycles. The van der Waals surface area contributed by atoms with E-state index in [2.05, 4.69) is 16.1 Å². The van der Waals surface area contributed by atoms with Gasteiger partial charge in [0, 0.05) is 16.4 Å². The lowest BCUT2D eigenvalue weighted by molar-refractivity contribution is -0.206. The van der Waals surface area contributed by atoms with Crippen LogP contribution in [0.1, 0.15) is 48.5 Å². The van der Waals surface area contributed by atoms with Gasteiger partial charge in [0.1, 0.15) is 13.2 Å². The molecule has 0 heterocycles. The summed E-state index contributed by atoms with van der Waals surface area (Å²) in [4.78, 5) is 35.1. The van der Waals surface area contributed by atoms with E-state index in [0.717, 1.165) is 41.5 Å². The van der Waals surface area contributed by atoms with Crippen LogP contribution in [-0.4, -0.2) is 49.1 Å². The highest BCUT2D eigenvalue weighted by atomic mass is 19.3. The molecule has 0 aliphatic rings. The Balaban J connectivity index is 5.36. The predicted molar refractivity (Wildman–Crippen MR) is 95.4 cm³/mol. The summed E-state index contributed by atoms with van der Waals surface area (Å²) in [6.45, 7) is 9.38. The summed E-state index contributed by atoms with van der Waals surface area (Å²) in [5.74, 6) is -12.7. The Bertz CT molecular complexity index is 644. The zero-order valence-electron chi connectivity index (χ0n) is 17.7. The number of carbonyl (C=O) groups excluding carboxylic acids is 3. The fourth-order valence-electron chi connectivity index (χ4n) is 1.51. The molecular weight excluding hydrogens is 400 g/mol. The summed E-state index contributed by atoms with van der Waals surface area (Å²) in [6.07, 6.45) is -1.72. The fourth-order valence-corrected chi connectivity index (χ4v) is 1.51. The highest BCUT2D eigenvalue weighted by molar-refractivity contribution is 5.87. The van der Waals surface area contributed by atoms with Gasteiger partial charge in [-0.3, -0.25) is 0 Å². The minimum absolute atomic E-state index is 0.0358. The SMILES string of the molecule is C=C(C)C(=O)OCC(COC(=O)C(F)(F)C(C)(C)C)OC(=O)C(F)(F)C(C)(C)C. The van der Waals surface area contributed by atoms with Gasteiger partial charge in [-0.1, -0.05) is 48.1 Å². The third-order valence-corrected chi connectivity index (χ3v) is 3.82. The van der Waals surface area contributed by atoms with Crippen LogP contribution in [0.25, 0.3) is 0 Å². The second-order valence-electron chi connectivity index (χ2n) is 8.65. The maximum absolute atomic E-state index is 14.1. The number of alkyl halides is 4. The van der Waals surface area contributed by atoms with Crippen molar-refractivity contribution in [2.24, 2.45) is 10.8 Å². The quantitative estimate of drug-likeness (QED) is 0.252. The maximum Gasteiger partial charge on any atom is 0.378 e. The zero-order valence-corrected chi connectivity index (χ0v) is 17.7. The first-order chi connectivity index (χ1) is 12.7. The number of hydrogen-bond acceptors (Lipinski definition) is 6. The Hall–Kier alpha value is -2.13. The standard InChI is InChI=1S/C19H28F4O6/c1-11(2)13(24)27-9-12(29-15(26)19(22,23)17(6,7)8)10-28-14(25)18(20,21)16(3,4)5/h12H,1,9-10H2,2-8H3. The van der Waals surface area contributed by atoms with Crippen molar-refractivity contribution in [1.29, 1.82) is 0 Å². The Morgan fingerprint density at radius 1 is 0.793 bits per heavy atom. The largest absolute Gasteiger partial charge is 0.458 e. The third kappa shape index (κ3) is 7.01. The highest BCUT2D eigenvalue weighted by Gasteiger charge is 2.54. The van der Waals surface area contributed by atoms with Crippen molar-refractivity contribution in [2.45, 2.75) is 66.4 Å². The monoisotopic (exact) mass is 428 g/mol. The van der Waals surface area contributed by atoms with Gasteiger partial charge in [-0.2, -0.15) is 17.6 Å². The third-order valence-electron chi connectivity index (χ3n) is 3.82. The number of hydrogen-bond donors (Lipinski definition) is 0. The van der Waals surface area contributed by atoms with Crippen LogP contribution in [0, 0.1) is 10.8 Å². The molecule has 0 spiro atoms. The van der Waals surface area contributed by atoms with Crippen molar-refractivity contribution in [2.75, 3.05) is 13.2 Å². The van der Waals surface area contributed by atoms with Gasteiger partial charge in [0.25, 0.3) is 0 Å². The molecule has 0 N–H and O–H groups in total. The van der Waals surface area contributed by atoms with Gasteiger partial charge in [-0.05, 0) is 6.92 Å². The van der Waals surface area contributed by atoms with E-state index in [1.54, 1.807) is 0 Å². The highest BCUT2D eigenvalue weighted by Crippen LogP contribution is 2.38. The number of rotatable bonds is 8. The van der Waals surface area contributed by atoms with E-state index >= 15 is 0 Å². The molecule has 1 unspecified atom stereocenters. The lowest BCUT2D eigenvalue weighted by Crippen LogP contribution is -2.47. The van der Waals surface area contributed by atoms with Crippen LogP contribution in [0.4, 0.5) is 17.6 Å². The van der Waals surface area contributed by atoms with E-state index in [0.29, 0.717) is 0 Å². The second kappa shape index (κ2) is 9.13. The molecule has 0 aliphatic carbocycles. The molecule has 29 heavy (non-hydrogen) atoms. The van der Waals surface area contributed by atoms with E-state index in [1.807, 2.05) is 0 Å². The van der Waals surface area contributed by atoms with Crippen molar-refractivity contribution < 1.29 is 46.2 Å². The van der Waals surface area contributed by atoms with E-state index < -0.39 is 59.9 Å². The Labute approximate surface area is 167 Å². The van der Waals surface area contributed by atoms with E-state index in [9.17, 15) is 31.9 Å². The minimum Gasteiger partial charge on any atom is -0.458 e. The maximum atomic E-state index is 14.1. The van der Waals surface area contributed by atoms with Gasteiger partial charge >= 0.3 is 29.8 Å². The summed E-state index contributed by atoms with van der Waals surface area (Å²) >= 11 is 0. The van der Waals surface area contributed by atoms with Gasteiger partial charge in [-0.15, -0.1) is 0 Å². The molecule has 168 valence electrons. The van der Waals surface area contributed by atoms with Crippen LogP contribution in [0.3, 0.4) is 0 Å². The summed E-state index contributed by atoms with van der Waals surface area (Å²) in [5.41, 5.74) is -3.62. The van der Waals surface area contributed by atoms with E-state index in [1.165, 1.54) is 6.92 Å². The van der Waals surface area contributed by atoms with Crippen molar-refractivity contribution in [3.8, 4) is 0 Å². The number of carbonyl (C=O) groups is 3. The smallest absolute Gasteiger partial charge is 0.378 e. The molecule has 0 fully saturated rings. The summed E-state index contributed by atoms with van der Waals surface area (Å²) in [5, 5.41) is 0. The lowest BCUT2D eigenvalue weighted by Gasteiger charge is -2.30. The van der Waals surface area contributed by atoms with Crippen LogP contribution in [0.15, 0.2) is 12.2 Å². The normalized spacial score (nSPS) is 14.0. The van der Waals surface area contributed by atoms with Crippen molar-refractivity contribution >= 4 is 17.9 Å². The Morgan fingerprint density at radius 3 is 1.55 bits per heavy atom. The molecule has 0 aromatic carbocycles. The van der Waals surface area contributed by atoms with Crippen molar-refractivity contribution in [3.63, 3.8) is 0 Å². The molecular formula is C19H28F4O6. The number of esters is 3. The molecule has 1 atom stereocenters. The Morgan fingerprint density at radius 2 is 1.17 bits per heavy atom. The van der Waals surface area contributed by atoms with Gasteiger partial charge < -0.3 is 14.2 Å². The van der Waals surface area contributed by atoms with Crippen LogP contribution in [-0.2, 0) is 28.6 Å². The molecule has 0 aromatic rings. The second-order valence-corrected chi connectivity index (χ2v) is 8.65. The van der Waals surface area contributed by atoms with Gasteiger partial charge in [0.05, 0.1) is 0 Å². The van der Waals surface area contributed by atoms with Crippen molar-refractivity contribution in [1.82, 2.24) is 0 Å².